The largest absolute Gasteiger partial charge is 0.495 e. The molecule has 0 fully saturated rings. The molecule has 8 nitrogen and oxygen atoms in total. The number of nitriles is 1. The molecule has 188 valence electrons. The topological polar surface area (TPSA) is 117 Å². The summed E-state index contributed by atoms with van der Waals surface area (Å²) in [4.78, 5) is 30.7. The van der Waals surface area contributed by atoms with E-state index in [2.05, 4.69) is 37.6 Å². The number of allylic oxidation sites excluding steroid dienone is 1. The number of ether oxygens (including phenoxy) is 1. The summed E-state index contributed by atoms with van der Waals surface area (Å²) in [5, 5.41) is 16.2. The van der Waals surface area contributed by atoms with E-state index in [1.807, 2.05) is 12.1 Å². The van der Waals surface area contributed by atoms with Crippen LogP contribution < -0.4 is 15.4 Å². The fraction of sp³-hybridized carbons (Fsp3) is 0.185. The average Bonchev–Trinajstić information content (AvgIpc) is 3.43. The number of methoxy groups -OCH3 is 1. The molecule has 4 rings (SSSR count). The highest BCUT2D eigenvalue weighted by Gasteiger charge is 2.41. The van der Waals surface area contributed by atoms with Crippen molar-refractivity contribution < 1.29 is 18.7 Å². The van der Waals surface area contributed by atoms with Crippen molar-refractivity contribution in [1.82, 2.24) is 0 Å². The summed E-state index contributed by atoms with van der Waals surface area (Å²) in [7, 11) is 1.52. The Balaban J connectivity index is 1.59. The van der Waals surface area contributed by atoms with Gasteiger partial charge < -0.3 is 19.8 Å². The summed E-state index contributed by atoms with van der Waals surface area (Å²) in [5.41, 5.74) is 1.94. The van der Waals surface area contributed by atoms with Gasteiger partial charge in [-0.25, -0.2) is 4.99 Å². The van der Waals surface area contributed by atoms with Crippen molar-refractivity contribution in [2.24, 2.45) is 10.9 Å². The Morgan fingerprint density at radius 2 is 1.89 bits per heavy atom. The zero-order valence-electron chi connectivity index (χ0n) is 20.0. The first-order valence-corrected chi connectivity index (χ1v) is 13.0. The van der Waals surface area contributed by atoms with Crippen molar-refractivity contribution in [3.05, 3.63) is 87.8 Å². The minimum absolute atomic E-state index is 0.0380. The van der Waals surface area contributed by atoms with Crippen molar-refractivity contribution in [1.29, 1.82) is 5.26 Å². The molecule has 2 aromatic carbocycles. The molecule has 0 bridgehead atoms. The minimum Gasteiger partial charge on any atom is -0.495 e. The number of para-hydroxylation sites is 2. The number of halogens is 1. The first kappa shape index (κ1) is 26.3. The maximum Gasteiger partial charge on any atom is 0.234 e. The van der Waals surface area contributed by atoms with Crippen molar-refractivity contribution in [2.45, 2.75) is 12.8 Å². The highest BCUT2D eigenvalue weighted by Crippen LogP contribution is 2.42. The first-order chi connectivity index (χ1) is 17.9. The third-order valence-corrected chi connectivity index (χ3v) is 7.21. The van der Waals surface area contributed by atoms with Crippen LogP contribution in [-0.4, -0.2) is 30.4 Å². The SMILES string of the molecule is COc1ccccc1NC(=O)C1C(C)=NC(SCC(=O)Nc2ccc(Br)cc2)=C(C#N)[C@@H]1c1ccco1. The van der Waals surface area contributed by atoms with Gasteiger partial charge in [-0.1, -0.05) is 39.8 Å². The van der Waals surface area contributed by atoms with Gasteiger partial charge in [-0.05, 0) is 55.5 Å². The van der Waals surface area contributed by atoms with E-state index in [0.29, 0.717) is 33.6 Å². The van der Waals surface area contributed by atoms with Crippen LogP contribution in [0, 0.1) is 17.2 Å². The Morgan fingerprint density at radius 3 is 2.57 bits per heavy atom. The second-order valence-electron chi connectivity index (χ2n) is 8.09. The second-order valence-corrected chi connectivity index (χ2v) is 9.97. The number of anilines is 2. The van der Waals surface area contributed by atoms with Crippen molar-refractivity contribution >= 4 is 56.6 Å². The Labute approximate surface area is 226 Å². The molecule has 2 heterocycles. The zero-order chi connectivity index (χ0) is 26.4. The summed E-state index contributed by atoms with van der Waals surface area (Å²) in [5.74, 6) is -1.08. The predicted octanol–water partition coefficient (Wildman–Crippen LogP) is 5.97. The van der Waals surface area contributed by atoms with E-state index in [4.69, 9.17) is 9.15 Å². The van der Waals surface area contributed by atoms with E-state index in [1.165, 1.54) is 13.4 Å². The fourth-order valence-electron chi connectivity index (χ4n) is 4.00. The second kappa shape index (κ2) is 12.0. The molecular weight excluding hydrogens is 556 g/mol. The van der Waals surface area contributed by atoms with Crippen LogP contribution in [0.5, 0.6) is 5.75 Å². The summed E-state index contributed by atoms with van der Waals surface area (Å²) in [6.07, 6.45) is 1.50. The number of furan rings is 1. The molecule has 1 unspecified atom stereocenters. The number of hydrogen-bond donors (Lipinski definition) is 2. The Bertz CT molecular complexity index is 1390. The van der Waals surface area contributed by atoms with Crippen LogP contribution in [-0.2, 0) is 9.59 Å². The third-order valence-electron chi connectivity index (χ3n) is 5.69. The number of nitrogens with zero attached hydrogens (tertiary/aromatic N) is 2. The molecule has 37 heavy (non-hydrogen) atoms. The van der Waals surface area contributed by atoms with E-state index in [1.54, 1.807) is 55.5 Å². The van der Waals surface area contributed by atoms with E-state index >= 15 is 0 Å². The number of thioether (sulfide) groups is 1. The van der Waals surface area contributed by atoms with E-state index in [-0.39, 0.29) is 23.1 Å². The molecular formula is C27H23BrN4O4S. The number of aliphatic imine (C=N–C) groups is 1. The molecule has 0 saturated heterocycles. The average molecular weight is 579 g/mol. The summed E-state index contributed by atoms with van der Waals surface area (Å²) in [6, 6.07) is 20.0. The third kappa shape index (κ3) is 6.13. The smallest absolute Gasteiger partial charge is 0.234 e. The maximum atomic E-state index is 13.5. The standard InChI is InChI=1S/C27H23BrN4O4S/c1-16-24(26(34)32-20-6-3-4-7-21(20)35-2)25(22-8-5-13-36-22)19(14-29)27(30-16)37-15-23(33)31-18-11-9-17(28)10-12-18/h3-13,24-25H,15H2,1-2H3,(H,31,33)(H,32,34)/t24?,25-/m1/s1. The normalized spacial score (nSPS) is 17.0. The number of hydrogen-bond acceptors (Lipinski definition) is 7. The number of benzene rings is 2. The highest BCUT2D eigenvalue weighted by atomic mass is 79.9. The maximum absolute atomic E-state index is 13.5. The first-order valence-electron chi connectivity index (χ1n) is 11.3. The number of nitrogens with one attached hydrogen (secondary N) is 2. The number of carbonyl (C=O) groups is 2. The number of carbonyl (C=O) groups excluding carboxylic acids is 2. The van der Waals surface area contributed by atoms with Crippen LogP contribution in [0.25, 0.3) is 0 Å². The molecule has 2 atom stereocenters. The van der Waals surface area contributed by atoms with Gasteiger partial charge in [0, 0.05) is 15.9 Å². The van der Waals surface area contributed by atoms with E-state index < -0.39 is 11.8 Å². The summed E-state index contributed by atoms with van der Waals surface area (Å²) in [6.45, 7) is 1.74. The van der Waals surface area contributed by atoms with Gasteiger partial charge in [-0.3, -0.25) is 9.59 Å². The molecule has 0 aliphatic carbocycles. The molecule has 0 radical (unpaired) electrons. The van der Waals surface area contributed by atoms with Crippen LogP contribution in [0.3, 0.4) is 0 Å². The molecule has 0 saturated carbocycles. The fourth-order valence-corrected chi connectivity index (χ4v) is 5.14. The van der Waals surface area contributed by atoms with Crippen molar-refractivity contribution in [3.8, 4) is 11.8 Å². The van der Waals surface area contributed by atoms with Gasteiger partial charge in [0.05, 0.1) is 48.3 Å². The molecule has 1 aliphatic rings. The van der Waals surface area contributed by atoms with Gasteiger partial charge in [-0.2, -0.15) is 5.26 Å². The lowest BCUT2D eigenvalue weighted by atomic mass is 9.79. The zero-order valence-corrected chi connectivity index (χ0v) is 22.4. The highest BCUT2D eigenvalue weighted by molar-refractivity contribution is 9.10. The van der Waals surface area contributed by atoms with Gasteiger partial charge in [0.15, 0.2) is 0 Å². The van der Waals surface area contributed by atoms with Crippen LogP contribution in [0.1, 0.15) is 18.6 Å². The van der Waals surface area contributed by atoms with Crippen LogP contribution in [0.2, 0.25) is 0 Å². The van der Waals surface area contributed by atoms with Crippen LogP contribution in [0.15, 0.2) is 91.4 Å². The Kier molecular flexibility index (Phi) is 8.48. The molecule has 2 N–H and O–H groups in total. The monoisotopic (exact) mass is 578 g/mol. The lowest BCUT2D eigenvalue weighted by Crippen LogP contribution is -2.36. The van der Waals surface area contributed by atoms with Gasteiger partial charge in [0.1, 0.15) is 16.5 Å². The number of rotatable bonds is 8. The van der Waals surface area contributed by atoms with Gasteiger partial charge in [0.2, 0.25) is 11.8 Å². The minimum atomic E-state index is -0.799. The summed E-state index contributed by atoms with van der Waals surface area (Å²) >= 11 is 4.51. The van der Waals surface area contributed by atoms with Crippen molar-refractivity contribution in [3.63, 3.8) is 0 Å². The summed E-state index contributed by atoms with van der Waals surface area (Å²) < 4.78 is 11.9. The molecule has 1 aliphatic heterocycles. The van der Waals surface area contributed by atoms with Gasteiger partial charge >= 0.3 is 0 Å². The Hall–Kier alpha value is -3.81. The molecule has 1 aromatic heterocycles. The molecule has 10 heteroatoms. The lowest BCUT2D eigenvalue weighted by molar-refractivity contribution is -0.118. The Morgan fingerprint density at radius 1 is 1.14 bits per heavy atom. The lowest BCUT2D eigenvalue weighted by Gasteiger charge is -2.29. The molecule has 3 aromatic rings. The van der Waals surface area contributed by atoms with Crippen molar-refractivity contribution in [2.75, 3.05) is 23.5 Å². The van der Waals surface area contributed by atoms with Crippen LogP contribution >= 0.6 is 27.7 Å². The molecule has 2 amide bonds. The van der Waals surface area contributed by atoms with E-state index in [9.17, 15) is 14.9 Å². The van der Waals surface area contributed by atoms with Gasteiger partial charge in [0.25, 0.3) is 0 Å². The van der Waals surface area contributed by atoms with Crippen LogP contribution in [0.4, 0.5) is 11.4 Å². The quantitative estimate of drug-likeness (QED) is 0.340. The van der Waals surface area contributed by atoms with E-state index in [0.717, 1.165) is 16.2 Å². The predicted molar refractivity (Wildman–Crippen MR) is 148 cm³/mol. The number of amides is 2. The molecule has 0 spiro atoms. The van der Waals surface area contributed by atoms with Gasteiger partial charge in [-0.15, -0.1) is 0 Å².